The molecule has 29 heavy (non-hydrogen) atoms. The molecule has 1 rings (SSSR count). The van der Waals surface area contributed by atoms with E-state index in [1.807, 2.05) is 30.3 Å². The Morgan fingerprint density at radius 2 is 1.69 bits per heavy atom. The van der Waals surface area contributed by atoms with E-state index >= 15 is 0 Å². The highest BCUT2D eigenvalue weighted by molar-refractivity contribution is 14.0. The average Bonchev–Trinajstić information content (AvgIpc) is 2.70. The van der Waals surface area contributed by atoms with Crippen LogP contribution in [0.1, 0.15) is 12.0 Å². The molecular formula is C20H35IN4O4. The fraction of sp³-hybridized carbons (Fsp3) is 0.600. The zero-order valence-electron chi connectivity index (χ0n) is 17.7. The third kappa shape index (κ3) is 15.1. The van der Waals surface area contributed by atoms with Crippen LogP contribution in [-0.2, 0) is 25.6 Å². The van der Waals surface area contributed by atoms with Crippen molar-refractivity contribution in [1.29, 1.82) is 0 Å². The maximum Gasteiger partial charge on any atom is 0.243 e. The molecule has 1 aromatic rings. The van der Waals surface area contributed by atoms with Crippen LogP contribution in [0, 0.1) is 0 Å². The molecule has 0 bridgehead atoms. The maximum absolute atomic E-state index is 11.7. The van der Waals surface area contributed by atoms with E-state index in [4.69, 9.17) is 14.2 Å². The van der Waals surface area contributed by atoms with Crippen molar-refractivity contribution in [1.82, 2.24) is 15.5 Å². The fourth-order valence-electron chi connectivity index (χ4n) is 2.10. The van der Waals surface area contributed by atoms with Crippen LogP contribution in [-0.4, -0.2) is 84.0 Å². The molecule has 0 atom stereocenters. The van der Waals surface area contributed by atoms with Gasteiger partial charge in [-0.15, -0.1) is 24.0 Å². The SMILES string of the molecule is COCCNC(=NCC(=O)N(C)C)NCCCOCCOCc1ccccc1.I. The van der Waals surface area contributed by atoms with Crippen LogP contribution in [0.2, 0.25) is 0 Å². The van der Waals surface area contributed by atoms with Crippen molar-refractivity contribution in [2.75, 3.05) is 67.3 Å². The Labute approximate surface area is 191 Å². The third-order valence-electron chi connectivity index (χ3n) is 3.71. The maximum atomic E-state index is 11.7. The lowest BCUT2D eigenvalue weighted by atomic mass is 10.2. The average molecular weight is 522 g/mol. The normalized spacial score (nSPS) is 10.9. The molecule has 0 aliphatic heterocycles. The Hall–Kier alpha value is -1.43. The number of aliphatic imine (C=N–C) groups is 1. The van der Waals surface area contributed by atoms with Gasteiger partial charge in [-0.1, -0.05) is 30.3 Å². The lowest BCUT2D eigenvalue weighted by Crippen LogP contribution is -2.40. The highest BCUT2D eigenvalue weighted by Gasteiger charge is 2.04. The quantitative estimate of drug-likeness (QED) is 0.167. The van der Waals surface area contributed by atoms with E-state index in [9.17, 15) is 4.79 Å². The molecule has 9 heteroatoms. The zero-order chi connectivity index (χ0) is 20.5. The summed E-state index contributed by atoms with van der Waals surface area (Å²) < 4.78 is 16.2. The van der Waals surface area contributed by atoms with Gasteiger partial charge in [0.25, 0.3) is 0 Å². The lowest BCUT2D eigenvalue weighted by Gasteiger charge is -2.13. The molecule has 8 nitrogen and oxygen atoms in total. The predicted molar refractivity (Wildman–Crippen MR) is 126 cm³/mol. The molecule has 0 radical (unpaired) electrons. The largest absolute Gasteiger partial charge is 0.383 e. The van der Waals surface area contributed by atoms with Gasteiger partial charge in [0.2, 0.25) is 5.91 Å². The molecule has 0 saturated heterocycles. The van der Waals surface area contributed by atoms with Gasteiger partial charge in [0, 0.05) is 40.9 Å². The minimum absolute atomic E-state index is 0. The van der Waals surface area contributed by atoms with Gasteiger partial charge >= 0.3 is 0 Å². The summed E-state index contributed by atoms with van der Waals surface area (Å²) in [5.74, 6) is 0.546. The molecule has 0 aliphatic rings. The van der Waals surface area contributed by atoms with E-state index in [2.05, 4.69) is 15.6 Å². The molecule has 0 aromatic heterocycles. The Kier molecular flexibility index (Phi) is 17.7. The number of hydrogen-bond donors (Lipinski definition) is 2. The van der Waals surface area contributed by atoms with E-state index < -0.39 is 0 Å². The molecule has 0 fully saturated rings. The lowest BCUT2D eigenvalue weighted by molar-refractivity contribution is -0.127. The van der Waals surface area contributed by atoms with Gasteiger partial charge in [-0.05, 0) is 12.0 Å². The van der Waals surface area contributed by atoms with Crippen LogP contribution in [0.3, 0.4) is 0 Å². The van der Waals surface area contributed by atoms with Gasteiger partial charge in [0.1, 0.15) is 6.54 Å². The molecular weight excluding hydrogens is 487 g/mol. The second-order valence-electron chi connectivity index (χ2n) is 6.30. The van der Waals surface area contributed by atoms with Crippen LogP contribution in [0.4, 0.5) is 0 Å². The number of rotatable bonds is 14. The van der Waals surface area contributed by atoms with Gasteiger partial charge in [-0.3, -0.25) is 4.79 Å². The standard InChI is InChI=1S/C20H34N4O4.HI/c1-24(2)19(25)16-23-20(22-11-13-26-3)21-10-7-12-27-14-15-28-17-18-8-5-4-6-9-18;/h4-6,8-9H,7,10-17H2,1-3H3,(H2,21,22,23);1H. The number of ether oxygens (including phenoxy) is 3. The van der Waals surface area contributed by atoms with E-state index in [-0.39, 0.29) is 36.4 Å². The van der Waals surface area contributed by atoms with Gasteiger partial charge in [0.05, 0.1) is 26.4 Å². The van der Waals surface area contributed by atoms with Crippen LogP contribution in [0.5, 0.6) is 0 Å². The smallest absolute Gasteiger partial charge is 0.243 e. The van der Waals surface area contributed by atoms with Crippen molar-refractivity contribution in [3.8, 4) is 0 Å². The Bertz CT molecular complexity index is 559. The highest BCUT2D eigenvalue weighted by Crippen LogP contribution is 2.00. The summed E-state index contributed by atoms with van der Waals surface area (Å²) in [6, 6.07) is 10.1. The number of guanidine groups is 1. The van der Waals surface area contributed by atoms with Gasteiger partial charge in [-0.25, -0.2) is 4.99 Å². The first-order valence-corrected chi connectivity index (χ1v) is 9.54. The number of nitrogens with one attached hydrogen (secondary N) is 2. The Morgan fingerprint density at radius 3 is 2.38 bits per heavy atom. The number of hydrogen-bond acceptors (Lipinski definition) is 5. The van der Waals surface area contributed by atoms with Crippen molar-refractivity contribution in [3.05, 3.63) is 35.9 Å². The summed E-state index contributed by atoms with van der Waals surface area (Å²) in [5.41, 5.74) is 1.16. The number of carbonyl (C=O) groups excluding carboxylic acids is 1. The fourth-order valence-corrected chi connectivity index (χ4v) is 2.10. The van der Waals surface area contributed by atoms with Crippen molar-refractivity contribution < 1.29 is 19.0 Å². The number of halogens is 1. The first-order chi connectivity index (χ1) is 13.6. The van der Waals surface area contributed by atoms with E-state index in [0.29, 0.717) is 52.1 Å². The van der Waals surface area contributed by atoms with Crippen molar-refractivity contribution in [2.24, 2.45) is 4.99 Å². The monoisotopic (exact) mass is 522 g/mol. The molecule has 2 N–H and O–H groups in total. The number of amides is 1. The Balaban J connectivity index is 0.00000784. The second kappa shape index (κ2) is 18.6. The number of nitrogens with zero attached hydrogens (tertiary/aromatic N) is 2. The first-order valence-electron chi connectivity index (χ1n) is 9.54. The van der Waals surface area contributed by atoms with Gasteiger partial charge in [0.15, 0.2) is 5.96 Å². The van der Waals surface area contributed by atoms with Crippen LogP contribution < -0.4 is 10.6 Å². The molecule has 1 amide bonds. The summed E-state index contributed by atoms with van der Waals surface area (Å²) in [7, 11) is 5.07. The van der Waals surface area contributed by atoms with E-state index in [1.54, 1.807) is 21.2 Å². The first kappa shape index (κ1) is 27.6. The minimum Gasteiger partial charge on any atom is -0.383 e. The van der Waals surface area contributed by atoms with Gasteiger partial charge < -0.3 is 29.7 Å². The topological polar surface area (TPSA) is 84.4 Å². The molecule has 0 spiro atoms. The summed E-state index contributed by atoms with van der Waals surface area (Å²) in [6.45, 7) is 4.35. The van der Waals surface area contributed by atoms with Gasteiger partial charge in [-0.2, -0.15) is 0 Å². The summed E-state index contributed by atoms with van der Waals surface area (Å²) in [4.78, 5) is 17.5. The second-order valence-corrected chi connectivity index (χ2v) is 6.30. The molecule has 0 saturated carbocycles. The Morgan fingerprint density at radius 1 is 1.00 bits per heavy atom. The summed E-state index contributed by atoms with van der Waals surface area (Å²) in [5, 5.41) is 6.33. The zero-order valence-corrected chi connectivity index (χ0v) is 20.0. The van der Waals surface area contributed by atoms with Crippen LogP contribution >= 0.6 is 24.0 Å². The molecule has 166 valence electrons. The van der Waals surface area contributed by atoms with Crippen LogP contribution in [0.25, 0.3) is 0 Å². The number of likely N-dealkylation sites (N-methyl/N-ethyl adjacent to an activating group) is 1. The third-order valence-corrected chi connectivity index (χ3v) is 3.71. The minimum atomic E-state index is -0.0494. The van der Waals surface area contributed by atoms with Crippen LogP contribution in [0.15, 0.2) is 35.3 Å². The number of methoxy groups -OCH3 is 1. The number of benzene rings is 1. The van der Waals surface area contributed by atoms with Crippen molar-refractivity contribution in [3.63, 3.8) is 0 Å². The molecule has 0 unspecified atom stereocenters. The molecule has 0 heterocycles. The van der Waals surface area contributed by atoms with Crippen molar-refractivity contribution in [2.45, 2.75) is 13.0 Å². The van der Waals surface area contributed by atoms with E-state index in [0.717, 1.165) is 12.0 Å². The highest BCUT2D eigenvalue weighted by atomic mass is 127. The van der Waals surface area contributed by atoms with Crippen molar-refractivity contribution >= 4 is 35.8 Å². The summed E-state index contributed by atoms with van der Waals surface area (Å²) in [6.07, 6.45) is 0.825. The van der Waals surface area contributed by atoms with E-state index in [1.165, 1.54) is 4.90 Å². The number of carbonyl (C=O) groups is 1. The predicted octanol–water partition coefficient (Wildman–Crippen LogP) is 1.50. The summed E-state index contributed by atoms with van der Waals surface area (Å²) >= 11 is 0. The molecule has 0 aliphatic carbocycles. The molecule has 1 aromatic carbocycles.